The van der Waals surface area contributed by atoms with Gasteiger partial charge >= 0.3 is 0 Å². The van der Waals surface area contributed by atoms with Crippen molar-refractivity contribution in [3.05, 3.63) is 28.5 Å². The Labute approximate surface area is 125 Å². The number of hydrogen-bond donors (Lipinski definition) is 1. The summed E-state index contributed by atoms with van der Waals surface area (Å²) in [5.41, 5.74) is 0.545. The molecule has 3 rings (SSSR count). The first-order valence-electron chi connectivity index (χ1n) is 6.15. The van der Waals surface area contributed by atoms with E-state index in [4.69, 9.17) is 27.9 Å². The minimum atomic E-state index is -0.160. The highest BCUT2D eigenvalue weighted by Crippen LogP contribution is 2.30. The number of aromatic nitrogens is 2. The van der Waals surface area contributed by atoms with Crippen LogP contribution in [0.25, 0.3) is 10.9 Å². The molecule has 1 aliphatic carbocycles. The van der Waals surface area contributed by atoms with Crippen molar-refractivity contribution in [2.24, 2.45) is 0 Å². The molecule has 1 aromatic carbocycles. The van der Waals surface area contributed by atoms with E-state index >= 15 is 0 Å². The number of nitrogens with one attached hydrogen (secondary N) is 1. The van der Waals surface area contributed by atoms with Gasteiger partial charge in [0.1, 0.15) is 6.33 Å². The Bertz CT molecular complexity index is 674. The van der Waals surface area contributed by atoms with Gasteiger partial charge in [-0.3, -0.25) is 4.79 Å². The molecule has 104 valence electrons. The summed E-state index contributed by atoms with van der Waals surface area (Å²) in [4.78, 5) is 19.7. The summed E-state index contributed by atoms with van der Waals surface area (Å²) in [5.74, 6) is 0.137. The van der Waals surface area contributed by atoms with E-state index in [0.717, 1.165) is 12.8 Å². The SMILES string of the molecule is O=C(COc1ncnc2c(Cl)cc(Cl)cc12)NC1CC1. The van der Waals surface area contributed by atoms with Crippen LogP contribution in [0.15, 0.2) is 18.5 Å². The number of carbonyl (C=O) groups is 1. The van der Waals surface area contributed by atoms with Crippen LogP contribution < -0.4 is 10.1 Å². The van der Waals surface area contributed by atoms with Crippen molar-refractivity contribution < 1.29 is 9.53 Å². The van der Waals surface area contributed by atoms with E-state index < -0.39 is 0 Å². The number of amides is 1. The highest BCUT2D eigenvalue weighted by molar-refractivity contribution is 6.38. The molecule has 0 aliphatic heterocycles. The molecule has 1 N–H and O–H groups in total. The first-order valence-corrected chi connectivity index (χ1v) is 6.91. The van der Waals surface area contributed by atoms with Crippen LogP contribution >= 0.6 is 23.2 Å². The molecule has 5 nitrogen and oxygen atoms in total. The number of carbonyl (C=O) groups excluding carboxylic acids is 1. The number of ether oxygens (including phenoxy) is 1. The number of hydrogen-bond acceptors (Lipinski definition) is 4. The van der Waals surface area contributed by atoms with Crippen molar-refractivity contribution in [3.63, 3.8) is 0 Å². The van der Waals surface area contributed by atoms with E-state index in [-0.39, 0.29) is 12.5 Å². The molecule has 1 amide bonds. The molecule has 0 radical (unpaired) electrons. The molecule has 2 aromatic rings. The van der Waals surface area contributed by atoms with Gasteiger partial charge < -0.3 is 10.1 Å². The zero-order valence-corrected chi connectivity index (χ0v) is 11.9. The Balaban J connectivity index is 1.81. The fourth-order valence-corrected chi connectivity index (χ4v) is 2.36. The molecular weight excluding hydrogens is 301 g/mol. The second-order valence-corrected chi connectivity index (χ2v) is 5.44. The predicted molar refractivity (Wildman–Crippen MR) is 76.2 cm³/mol. The average molecular weight is 312 g/mol. The Morgan fingerprint density at radius 3 is 2.90 bits per heavy atom. The van der Waals surface area contributed by atoms with Crippen molar-refractivity contribution in [2.75, 3.05) is 6.61 Å². The lowest BCUT2D eigenvalue weighted by Crippen LogP contribution is -2.30. The molecule has 1 aromatic heterocycles. The van der Waals surface area contributed by atoms with Crippen LogP contribution in [0.4, 0.5) is 0 Å². The average Bonchev–Trinajstić information content (AvgIpc) is 3.20. The third-order valence-electron chi connectivity index (χ3n) is 2.90. The Hall–Kier alpha value is -1.59. The van der Waals surface area contributed by atoms with E-state index in [1.54, 1.807) is 12.1 Å². The van der Waals surface area contributed by atoms with Gasteiger partial charge in [-0.25, -0.2) is 9.97 Å². The molecule has 7 heteroatoms. The third kappa shape index (κ3) is 2.94. The van der Waals surface area contributed by atoms with Gasteiger partial charge in [0.2, 0.25) is 5.88 Å². The Morgan fingerprint density at radius 1 is 1.35 bits per heavy atom. The molecule has 0 saturated heterocycles. The molecule has 0 atom stereocenters. The van der Waals surface area contributed by atoms with Gasteiger partial charge in [0, 0.05) is 11.1 Å². The van der Waals surface area contributed by atoms with Gasteiger partial charge in [0.05, 0.1) is 15.9 Å². The summed E-state index contributed by atoms with van der Waals surface area (Å²) < 4.78 is 5.44. The zero-order chi connectivity index (χ0) is 14.1. The molecule has 0 unspecified atom stereocenters. The summed E-state index contributed by atoms with van der Waals surface area (Å²) in [6, 6.07) is 3.57. The molecule has 1 heterocycles. The minimum Gasteiger partial charge on any atom is -0.467 e. The largest absolute Gasteiger partial charge is 0.467 e. The second kappa shape index (κ2) is 5.42. The maximum absolute atomic E-state index is 11.6. The van der Waals surface area contributed by atoms with E-state index in [1.165, 1.54) is 6.33 Å². The number of benzene rings is 1. The molecule has 1 aliphatic rings. The lowest BCUT2D eigenvalue weighted by molar-refractivity contribution is -0.123. The molecule has 1 saturated carbocycles. The van der Waals surface area contributed by atoms with Gasteiger partial charge in [0.15, 0.2) is 6.61 Å². The highest BCUT2D eigenvalue weighted by atomic mass is 35.5. The fraction of sp³-hybridized carbons (Fsp3) is 0.308. The highest BCUT2D eigenvalue weighted by Gasteiger charge is 2.23. The van der Waals surface area contributed by atoms with Gasteiger partial charge in [0.25, 0.3) is 5.91 Å². The molecule has 0 bridgehead atoms. The normalized spacial score (nSPS) is 14.3. The van der Waals surface area contributed by atoms with Gasteiger partial charge in [-0.15, -0.1) is 0 Å². The van der Waals surface area contributed by atoms with Crippen LogP contribution in [0, 0.1) is 0 Å². The van der Waals surface area contributed by atoms with Crippen LogP contribution in [0.5, 0.6) is 5.88 Å². The number of halogens is 2. The topological polar surface area (TPSA) is 64.1 Å². The van der Waals surface area contributed by atoms with Gasteiger partial charge in [-0.1, -0.05) is 23.2 Å². The van der Waals surface area contributed by atoms with E-state index in [2.05, 4.69) is 15.3 Å². The van der Waals surface area contributed by atoms with E-state index in [0.29, 0.717) is 32.9 Å². The Kier molecular flexibility index (Phi) is 3.63. The number of rotatable bonds is 4. The van der Waals surface area contributed by atoms with Crippen molar-refractivity contribution >= 4 is 40.0 Å². The van der Waals surface area contributed by atoms with Crippen LogP contribution in [-0.4, -0.2) is 28.5 Å². The van der Waals surface area contributed by atoms with Crippen LogP contribution in [0.2, 0.25) is 10.0 Å². The lowest BCUT2D eigenvalue weighted by Gasteiger charge is -2.09. The van der Waals surface area contributed by atoms with Crippen LogP contribution in [0.3, 0.4) is 0 Å². The number of fused-ring (bicyclic) bond motifs is 1. The van der Waals surface area contributed by atoms with Crippen molar-refractivity contribution in [1.82, 2.24) is 15.3 Å². The van der Waals surface area contributed by atoms with Crippen molar-refractivity contribution in [3.8, 4) is 5.88 Å². The standard InChI is InChI=1S/C13H11Cl2N3O2/c14-7-3-9-12(10(15)4-7)16-6-17-13(9)20-5-11(19)18-8-1-2-8/h3-4,6,8H,1-2,5H2,(H,18,19). The maximum Gasteiger partial charge on any atom is 0.258 e. The van der Waals surface area contributed by atoms with Gasteiger partial charge in [-0.05, 0) is 25.0 Å². The summed E-state index contributed by atoms with van der Waals surface area (Å²) in [5, 5.41) is 4.30. The van der Waals surface area contributed by atoms with E-state index in [1.807, 2.05) is 0 Å². The second-order valence-electron chi connectivity index (χ2n) is 4.59. The summed E-state index contributed by atoms with van der Waals surface area (Å²) in [7, 11) is 0. The van der Waals surface area contributed by atoms with Crippen LogP contribution in [0.1, 0.15) is 12.8 Å². The molecule has 1 fully saturated rings. The molecule has 0 spiro atoms. The monoisotopic (exact) mass is 311 g/mol. The first kappa shape index (κ1) is 13.4. The van der Waals surface area contributed by atoms with Crippen molar-refractivity contribution in [1.29, 1.82) is 0 Å². The molecule has 20 heavy (non-hydrogen) atoms. The summed E-state index contributed by atoms with van der Waals surface area (Å²) in [6.45, 7) is -0.0905. The smallest absolute Gasteiger partial charge is 0.258 e. The fourth-order valence-electron chi connectivity index (χ4n) is 1.81. The summed E-state index contributed by atoms with van der Waals surface area (Å²) in [6.07, 6.45) is 3.41. The summed E-state index contributed by atoms with van der Waals surface area (Å²) >= 11 is 12.0. The Morgan fingerprint density at radius 2 is 2.15 bits per heavy atom. The minimum absolute atomic E-state index is 0.0905. The molecular formula is C13H11Cl2N3O2. The van der Waals surface area contributed by atoms with Crippen molar-refractivity contribution in [2.45, 2.75) is 18.9 Å². The first-order chi connectivity index (χ1) is 9.63. The number of nitrogens with zero attached hydrogens (tertiary/aromatic N) is 2. The van der Waals surface area contributed by atoms with Crippen LogP contribution in [-0.2, 0) is 4.79 Å². The zero-order valence-electron chi connectivity index (χ0n) is 10.4. The lowest BCUT2D eigenvalue weighted by atomic mass is 10.2. The third-order valence-corrected chi connectivity index (χ3v) is 3.41. The maximum atomic E-state index is 11.6. The quantitative estimate of drug-likeness (QED) is 0.942. The van der Waals surface area contributed by atoms with Gasteiger partial charge in [-0.2, -0.15) is 0 Å². The van der Waals surface area contributed by atoms with E-state index in [9.17, 15) is 4.79 Å². The predicted octanol–water partition coefficient (Wildman–Crippen LogP) is 2.59.